The van der Waals surface area contributed by atoms with E-state index in [9.17, 15) is 9.18 Å². The van der Waals surface area contributed by atoms with Crippen LogP contribution in [-0.4, -0.2) is 41.6 Å². The number of fused-ring (bicyclic) bond motifs is 1. The first kappa shape index (κ1) is 21.0. The lowest BCUT2D eigenvalue weighted by Crippen LogP contribution is -2.43. The maximum atomic E-state index is 13.8. The van der Waals surface area contributed by atoms with E-state index in [4.69, 9.17) is 4.74 Å². The molecule has 5 rings (SSSR count). The number of nitrogens with zero attached hydrogens (tertiary/aromatic N) is 2. The third kappa shape index (κ3) is 4.37. The van der Waals surface area contributed by atoms with E-state index < -0.39 is 0 Å². The van der Waals surface area contributed by atoms with Gasteiger partial charge in [-0.15, -0.1) is 0 Å². The minimum atomic E-state index is -0.233. The number of benzene rings is 2. The number of hydrogen-bond acceptors (Lipinski definition) is 3. The average Bonchev–Trinajstić information content (AvgIpc) is 3.61. The third-order valence-corrected chi connectivity index (χ3v) is 6.67. The van der Waals surface area contributed by atoms with E-state index in [1.165, 1.54) is 6.07 Å². The van der Waals surface area contributed by atoms with Crippen LogP contribution in [0.5, 0.6) is 5.75 Å². The molecule has 0 radical (unpaired) electrons. The maximum absolute atomic E-state index is 13.8. The molecule has 6 heteroatoms. The van der Waals surface area contributed by atoms with Gasteiger partial charge in [0.2, 0.25) is 5.91 Å². The Bertz CT molecular complexity index is 1120. The number of aromatic nitrogens is 1. The zero-order chi connectivity index (χ0) is 22.1. The number of ether oxygens (including phenoxy) is 1. The summed E-state index contributed by atoms with van der Waals surface area (Å²) in [6.07, 6.45) is 6.31. The Morgan fingerprint density at radius 3 is 2.81 bits per heavy atom. The fourth-order valence-corrected chi connectivity index (χ4v) is 4.82. The van der Waals surface area contributed by atoms with Crippen molar-refractivity contribution < 1.29 is 13.9 Å². The van der Waals surface area contributed by atoms with Crippen molar-refractivity contribution in [1.29, 1.82) is 0 Å². The van der Waals surface area contributed by atoms with Gasteiger partial charge in [-0.25, -0.2) is 4.39 Å². The van der Waals surface area contributed by atoms with Gasteiger partial charge in [0.05, 0.1) is 18.5 Å². The smallest absolute Gasteiger partial charge is 0.227 e. The number of piperidine rings is 1. The van der Waals surface area contributed by atoms with Crippen molar-refractivity contribution in [2.45, 2.75) is 44.8 Å². The standard InChI is InChI=1S/C26H30FN3O2/c1-32-23-9-10-24-20(16-29(25(24)13-23)15-18-4-2-6-21(27)12-18)17-30(22-7-8-22)26(31)19-5-3-11-28-14-19/h2,4,6,9-10,12-13,16,19,22,28H,3,5,7-8,11,14-15,17H2,1H3. The Morgan fingerprint density at radius 1 is 1.22 bits per heavy atom. The Morgan fingerprint density at radius 2 is 2.09 bits per heavy atom. The molecular weight excluding hydrogens is 405 g/mol. The molecule has 1 N–H and O–H groups in total. The van der Waals surface area contributed by atoms with Gasteiger partial charge in [0, 0.05) is 43.3 Å². The van der Waals surface area contributed by atoms with Crippen LogP contribution in [0.25, 0.3) is 10.9 Å². The Hall–Kier alpha value is -2.86. The number of methoxy groups -OCH3 is 1. The molecule has 3 aromatic rings. The van der Waals surface area contributed by atoms with Crippen molar-refractivity contribution in [1.82, 2.24) is 14.8 Å². The molecule has 1 unspecified atom stereocenters. The maximum Gasteiger partial charge on any atom is 0.227 e. The molecule has 2 heterocycles. The van der Waals surface area contributed by atoms with E-state index in [1.54, 1.807) is 19.2 Å². The summed E-state index contributed by atoms with van der Waals surface area (Å²) in [5, 5.41) is 4.49. The molecule has 2 aliphatic rings. The highest BCUT2D eigenvalue weighted by Crippen LogP contribution is 2.34. The van der Waals surface area contributed by atoms with Crippen molar-refractivity contribution in [3.05, 3.63) is 65.6 Å². The predicted molar refractivity (Wildman–Crippen MR) is 123 cm³/mol. The summed E-state index contributed by atoms with van der Waals surface area (Å²) in [5.41, 5.74) is 3.06. The highest BCUT2D eigenvalue weighted by atomic mass is 19.1. The zero-order valence-corrected chi connectivity index (χ0v) is 18.5. The summed E-state index contributed by atoms with van der Waals surface area (Å²) in [6.45, 7) is 2.95. The van der Waals surface area contributed by atoms with Crippen molar-refractivity contribution in [3.63, 3.8) is 0 Å². The van der Waals surface area contributed by atoms with E-state index in [1.807, 2.05) is 18.2 Å². The van der Waals surface area contributed by atoms with Gasteiger partial charge in [0.1, 0.15) is 11.6 Å². The number of carbonyl (C=O) groups excluding carboxylic acids is 1. The molecule has 0 spiro atoms. The van der Waals surface area contributed by atoms with Crippen LogP contribution in [0.3, 0.4) is 0 Å². The Labute approximate surface area is 188 Å². The third-order valence-electron chi connectivity index (χ3n) is 6.67. The molecule has 1 saturated carbocycles. The number of rotatable bonds is 7. The summed E-state index contributed by atoms with van der Waals surface area (Å²) < 4.78 is 21.4. The van der Waals surface area contributed by atoms with Crippen molar-refractivity contribution >= 4 is 16.8 Å². The number of nitrogens with one attached hydrogen (secondary N) is 1. The monoisotopic (exact) mass is 435 g/mol. The second kappa shape index (κ2) is 8.94. The summed E-state index contributed by atoms with van der Waals surface area (Å²) in [7, 11) is 1.66. The fraction of sp³-hybridized carbons (Fsp3) is 0.423. The summed E-state index contributed by atoms with van der Waals surface area (Å²) >= 11 is 0. The first-order valence-electron chi connectivity index (χ1n) is 11.5. The van der Waals surface area contributed by atoms with Crippen molar-refractivity contribution in [3.8, 4) is 5.75 Å². The Balaban J connectivity index is 1.48. The van der Waals surface area contributed by atoms with Gasteiger partial charge in [-0.05, 0) is 67.6 Å². The topological polar surface area (TPSA) is 46.5 Å². The molecule has 32 heavy (non-hydrogen) atoms. The highest BCUT2D eigenvalue weighted by Gasteiger charge is 2.36. The van der Waals surface area contributed by atoms with E-state index in [-0.39, 0.29) is 17.6 Å². The van der Waals surface area contributed by atoms with Crippen LogP contribution in [-0.2, 0) is 17.9 Å². The van der Waals surface area contributed by atoms with Crippen LogP contribution in [0.1, 0.15) is 36.8 Å². The van der Waals surface area contributed by atoms with Gasteiger partial charge < -0.3 is 19.5 Å². The lowest BCUT2D eigenvalue weighted by atomic mass is 9.97. The van der Waals surface area contributed by atoms with Crippen LogP contribution in [0, 0.1) is 11.7 Å². The molecule has 1 saturated heterocycles. The fourth-order valence-electron chi connectivity index (χ4n) is 4.82. The van der Waals surface area contributed by atoms with Crippen molar-refractivity contribution in [2.24, 2.45) is 5.92 Å². The van der Waals surface area contributed by atoms with E-state index in [0.29, 0.717) is 19.1 Å². The molecule has 2 fully saturated rings. The van der Waals surface area contributed by atoms with E-state index in [2.05, 4.69) is 27.0 Å². The van der Waals surface area contributed by atoms with E-state index >= 15 is 0 Å². The number of halogens is 1. The van der Waals surface area contributed by atoms with Crippen LogP contribution >= 0.6 is 0 Å². The number of hydrogen-bond donors (Lipinski definition) is 1. The minimum Gasteiger partial charge on any atom is -0.497 e. The molecule has 1 atom stereocenters. The average molecular weight is 436 g/mol. The van der Waals surface area contributed by atoms with Crippen LogP contribution in [0.2, 0.25) is 0 Å². The first-order chi connectivity index (χ1) is 15.6. The molecule has 5 nitrogen and oxygen atoms in total. The van der Waals surface area contributed by atoms with Gasteiger partial charge in [-0.1, -0.05) is 12.1 Å². The second-order valence-electron chi connectivity index (χ2n) is 9.04. The van der Waals surface area contributed by atoms with Crippen LogP contribution in [0.4, 0.5) is 4.39 Å². The molecule has 1 amide bonds. The summed E-state index contributed by atoms with van der Waals surface area (Å²) in [4.78, 5) is 15.5. The lowest BCUT2D eigenvalue weighted by Gasteiger charge is -2.29. The molecule has 1 aliphatic carbocycles. The quantitative estimate of drug-likeness (QED) is 0.601. The summed E-state index contributed by atoms with van der Waals surface area (Å²) in [5.74, 6) is 0.902. The molecule has 1 aliphatic heterocycles. The lowest BCUT2D eigenvalue weighted by molar-refractivity contribution is -0.137. The molecule has 168 valence electrons. The predicted octanol–water partition coefficient (Wildman–Crippen LogP) is 4.33. The zero-order valence-electron chi connectivity index (χ0n) is 18.5. The Kier molecular flexibility index (Phi) is 5.87. The van der Waals surface area contributed by atoms with Gasteiger partial charge >= 0.3 is 0 Å². The molecule has 0 bridgehead atoms. The molecule has 1 aromatic heterocycles. The van der Waals surface area contributed by atoms with Crippen LogP contribution in [0.15, 0.2) is 48.7 Å². The summed E-state index contributed by atoms with van der Waals surface area (Å²) in [6, 6.07) is 13.1. The first-order valence-corrected chi connectivity index (χ1v) is 11.5. The highest BCUT2D eigenvalue weighted by molar-refractivity contribution is 5.86. The van der Waals surface area contributed by atoms with E-state index in [0.717, 1.165) is 66.6 Å². The van der Waals surface area contributed by atoms with Crippen molar-refractivity contribution in [2.75, 3.05) is 20.2 Å². The molecule has 2 aromatic carbocycles. The van der Waals surface area contributed by atoms with Gasteiger partial charge in [0.15, 0.2) is 0 Å². The number of amides is 1. The largest absolute Gasteiger partial charge is 0.497 e. The second-order valence-corrected chi connectivity index (χ2v) is 9.04. The van der Waals surface area contributed by atoms with Crippen LogP contribution < -0.4 is 10.1 Å². The number of carbonyl (C=O) groups is 1. The molecular formula is C26H30FN3O2. The van der Waals surface area contributed by atoms with Gasteiger partial charge in [-0.3, -0.25) is 4.79 Å². The normalized spacial score (nSPS) is 18.6. The minimum absolute atomic E-state index is 0.0742. The SMILES string of the molecule is COc1ccc2c(CN(C(=O)C3CCCNC3)C3CC3)cn(Cc3cccc(F)c3)c2c1. The van der Waals surface area contributed by atoms with Gasteiger partial charge in [-0.2, -0.15) is 0 Å². The van der Waals surface area contributed by atoms with Gasteiger partial charge in [0.25, 0.3) is 0 Å².